The van der Waals surface area contributed by atoms with Crippen LogP contribution in [0.3, 0.4) is 0 Å². The molecule has 3 rings (SSSR count). The first-order valence-corrected chi connectivity index (χ1v) is 8.87. The van der Waals surface area contributed by atoms with Crippen molar-refractivity contribution >= 4 is 17.7 Å². The van der Waals surface area contributed by atoms with Crippen molar-refractivity contribution in [1.29, 1.82) is 0 Å². The molecule has 0 aliphatic carbocycles. The molecule has 1 N–H and O–H groups in total. The third kappa shape index (κ3) is 4.86. The molecule has 1 unspecified atom stereocenters. The molecule has 0 saturated carbocycles. The molecule has 0 aliphatic heterocycles. The number of nitrogens with zero attached hydrogens (tertiary/aromatic N) is 1. The summed E-state index contributed by atoms with van der Waals surface area (Å²) in [5.74, 6) is -0.709. The Morgan fingerprint density at radius 2 is 1.77 bits per heavy atom. The van der Waals surface area contributed by atoms with E-state index in [-0.39, 0.29) is 11.4 Å². The zero-order valence-corrected chi connectivity index (χ0v) is 16.0. The SMILES string of the molecule is Cc1cc(NC(=O)C(C)OC(=O)c2ccccc2-c2ccc(C(F)(F)F)cc2)no1. The summed E-state index contributed by atoms with van der Waals surface area (Å²) in [4.78, 5) is 24.8. The predicted molar refractivity (Wildman–Crippen MR) is 102 cm³/mol. The van der Waals surface area contributed by atoms with E-state index in [1.807, 2.05) is 0 Å². The van der Waals surface area contributed by atoms with Gasteiger partial charge in [0.25, 0.3) is 5.91 Å². The average Bonchev–Trinajstić information content (AvgIpc) is 3.12. The number of aryl methyl sites for hydroxylation is 1. The van der Waals surface area contributed by atoms with Crippen LogP contribution in [0.25, 0.3) is 11.1 Å². The van der Waals surface area contributed by atoms with Crippen LogP contribution in [0.5, 0.6) is 0 Å². The molecule has 0 fully saturated rings. The van der Waals surface area contributed by atoms with Crippen LogP contribution in [0.4, 0.5) is 19.0 Å². The van der Waals surface area contributed by atoms with Gasteiger partial charge in [-0.05, 0) is 43.2 Å². The van der Waals surface area contributed by atoms with Gasteiger partial charge in [-0.3, -0.25) is 4.79 Å². The molecular weight excluding hydrogens is 401 g/mol. The van der Waals surface area contributed by atoms with Gasteiger partial charge in [0.05, 0.1) is 11.1 Å². The van der Waals surface area contributed by atoms with Crippen molar-refractivity contribution in [3.8, 4) is 11.1 Å². The van der Waals surface area contributed by atoms with Gasteiger partial charge in [-0.2, -0.15) is 13.2 Å². The summed E-state index contributed by atoms with van der Waals surface area (Å²) in [7, 11) is 0. The molecule has 0 saturated heterocycles. The molecule has 1 amide bonds. The highest BCUT2D eigenvalue weighted by Gasteiger charge is 2.30. The first-order chi connectivity index (χ1) is 14.1. The molecule has 2 aromatic carbocycles. The number of carbonyl (C=O) groups excluding carboxylic acids is 2. The van der Waals surface area contributed by atoms with E-state index in [2.05, 4.69) is 10.5 Å². The van der Waals surface area contributed by atoms with Gasteiger partial charge in [0, 0.05) is 6.07 Å². The lowest BCUT2D eigenvalue weighted by Gasteiger charge is -2.15. The molecule has 1 heterocycles. The van der Waals surface area contributed by atoms with E-state index in [1.54, 1.807) is 25.1 Å². The predicted octanol–water partition coefficient (Wildman–Crippen LogP) is 4.85. The van der Waals surface area contributed by atoms with Gasteiger partial charge >= 0.3 is 12.1 Å². The van der Waals surface area contributed by atoms with Crippen molar-refractivity contribution in [2.75, 3.05) is 5.32 Å². The maximum absolute atomic E-state index is 12.8. The number of benzene rings is 2. The second kappa shape index (κ2) is 8.40. The summed E-state index contributed by atoms with van der Waals surface area (Å²) in [5.41, 5.74) is 0.121. The number of carbonyl (C=O) groups is 2. The summed E-state index contributed by atoms with van der Waals surface area (Å²) >= 11 is 0. The molecule has 0 spiro atoms. The minimum absolute atomic E-state index is 0.120. The Hall–Kier alpha value is -3.62. The maximum atomic E-state index is 12.8. The number of rotatable bonds is 5. The Morgan fingerprint density at radius 1 is 1.10 bits per heavy atom. The fourth-order valence-electron chi connectivity index (χ4n) is 2.68. The number of alkyl halides is 3. The van der Waals surface area contributed by atoms with Crippen molar-refractivity contribution in [3.63, 3.8) is 0 Å². The fraction of sp³-hybridized carbons (Fsp3) is 0.190. The molecule has 156 valence electrons. The van der Waals surface area contributed by atoms with Crippen LogP contribution in [-0.2, 0) is 15.7 Å². The Morgan fingerprint density at radius 3 is 2.37 bits per heavy atom. The molecule has 3 aromatic rings. The van der Waals surface area contributed by atoms with Crippen LogP contribution >= 0.6 is 0 Å². The van der Waals surface area contributed by atoms with Crippen LogP contribution < -0.4 is 5.32 Å². The summed E-state index contributed by atoms with van der Waals surface area (Å²) < 4.78 is 48.4. The van der Waals surface area contributed by atoms with E-state index in [0.29, 0.717) is 16.9 Å². The molecular formula is C21H17F3N2O4. The number of nitrogens with one attached hydrogen (secondary N) is 1. The third-order valence-corrected chi connectivity index (χ3v) is 4.20. The highest BCUT2D eigenvalue weighted by Crippen LogP contribution is 2.32. The molecule has 9 heteroatoms. The van der Waals surface area contributed by atoms with Crippen molar-refractivity contribution < 1.29 is 32.0 Å². The highest BCUT2D eigenvalue weighted by molar-refractivity contribution is 6.00. The van der Waals surface area contributed by atoms with Gasteiger partial charge in [-0.25, -0.2) is 4.79 Å². The molecule has 30 heavy (non-hydrogen) atoms. The van der Waals surface area contributed by atoms with E-state index in [9.17, 15) is 22.8 Å². The summed E-state index contributed by atoms with van der Waals surface area (Å²) in [6.07, 6.45) is -5.60. The Bertz CT molecular complexity index is 1060. The Kier molecular flexibility index (Phi) is 5.91. The van der Waals surface area contributed by atoms with Gasteiger partial charge in [-0.1, -0.05) is 35.5 Å². The number of esters is 1. The number of hydrogen-bond acceptors (Lipinski definition) is 5. The van der Waals surface area contributed by atoms with Crippen molar-refractivity contribution in [3.05, 3.63) is 71.5 Å². The summed E-state index contributed by atoms with van der Waals surface area (Å²) in [6.45, 7) is 3.05. The highest BCUT2D eigenvalue weighted by atomic mass is 19.4. The van der Waals surface area contributed by atoms with Crippen LogP contribution in [-0.4, -0.2) is 23.1 Å². The van der Waals surface area contributed by atoms with E-state index in [1.165, 1.54) is 31.2 Å². The van der Waals surface area contributed by atoms with E-state index < -0.39 is 29.7 Å². The smallest absolute Gasteiger partial charge is 0.416 e. The minimum Gasteiger partial charge on any atom is -0.449 e. The van der Waals surface area contributed by atoms with Gasteiger partial charge in [0.2, 0.25) is 0 Å². The average molecular weight is 418 g/mol. The van der Waals surface area contributed by atoms with Crippen molar-refractivity contribution in [2.45, 2.75) is 26.1 Å². The fourth-order valence-corrected chi connectivity index (χ4v) is 2.68. The van der Waals surface area contributed by atoms with E-state index in [0.717, 1.165) is 12.1 Å². The first-order valence-electron chi connectivity index (χ1n) is 8.87. The zero-order chi connectivity index (χ0) is 21.9. The monoisotopic (exact) mass is 418 g/mol. The number of halogens is 3. The Labute approximate surface area is 169 Å². The number of ether oxygens (including phenoxy) is 1. The third-order valence-electron chi connectivity index (χ3n) is 4.20. The Balaban J connectivity index is 1.76. The number of aromatic nitrogens is 1. The minimum atomic E-state index is -4.46. The molecule has 0 aliphatic rings. The lowest BCUT2D eigenvalue weighted by Crippen LogP contribution is -2.30. The topological polar surface area (TPSA) is 81.4 Å². The second-order valence-electron chi connectivity index (χ2n) is 6.48. The van der Waals surface area contributed by atoms with Crippen molar-refractivity contribution in [1.82, 2.24) is 5.16 Å². The van der Waals surface area contributed by atoms with Crippen LogP contribution in [0.2, 0.25) is 0 Å². The van der Waals surface area contributed by atoms with E-state index in [4.69, 9.17) is 9.26 Å². The quantitative estimate of drug-likeness (QED) is 0.599. The van der Waals surface area contributed by atoms with Crippen LogP contribution in [0.15, 0.2) is 59.1 Å². The van der Waals surface area contributed by atoms with Gasteiger partial charge < -0.3 is 14.6 Å². The number of anilines is 1. The zero-order valence-electron chi connectivity index (χ0n) is 16.0. The van der Waals surface area contributed by atoms with E-state index >= 15 is 0 Å². The normalized spacial score (nSPS) is 12.3. The second-order valence-corrected chi connectivity index (χ2v) is 6.48. The standard InChI is InChI=1S/C21H17F3N2O4/c1-12-11-18(26-30-12)25-19(27)13(2)29-20(28)17-6-4-3-5-16(17)14-7-9-15(10-8-14)21(22,23)24/h3-11,13H,1-2H3,(H,25,26,27). The molecule has 6 nitrogen and oxygen atoms in total. The summed E-state index contributed by atoms with van der Waals surface area (Å²) in [5, 5.41) is 6.08. The van der Waals surface area contributed by atoms with Gasteiger partial charge in [0.1, 0.15) is 5.76 Å². The first kappa shape index (κ1) is 21.1. The number of amides is 1. The lowest BCUT2D eigenvalue weighted by atomic mass is 9.98. The summed E-state index contributed by atoms with van der Waals surface area (Å²) in [6, 6.07) is 12.2. The van der Waals surface area contributed by atoms with Crippen LogP contribution in [0, 0.1) is 6.92 Å². The number of hydrogen-bond donors (Lipinski definition) is 1. The van der Waals surface area contributed by atoms with Gasteiger partial charge in [0.15, 0.2) is 11.9 Å². The molecule has 0 bridgehead atoms. The van der Waals surface area contributed by atoms with Gasteiger partial charge in [-0.15, -0.1) is 0 Å². The largest absolute Gasteiger partial charge is 0.449 e. The van der Waals surface area contributed by atoms with Crippen molar-refractivity contribution in [2.24, 2.45) is 0 Å². The van der Waals surface area contributed by atoms with Crippen LogP contribution in [0.1, 0.15) is 28.6 Å². The lowest BCUT2D eigenvalue weighted by molar-refractivity contribution is -0.137. The molecule has 1 atom stereocenters. The molecule has 1 aromatic heterocycles. The maximum Gasteiger partial charge on any atom is 0.416 e. The molecule has 0 radical (unpaired) electrons.